The third kappa shape index (κ3) is 2.54. The number of nitrogens with one attached hydrogen (secondary N) is 1. The second kappa shape index (κ2) is 5.21. The summed E-state index contributed by atoms with van der Waals surface area (Å²) in [5.41, 5.74) is 1.41. The molecule has 1 aromatic rings. The fraction of sp³-hybridized carbons (Fsp3) is 0.786. The van der Waals surface area contributed by atoms with E-state index in [1.807, 2.05) is 6.20 Å². The Kier molecular flexibility index (Phi) is 3.46. The van der Waals surface area contributed by atoms with Crippen molar-refractivity contribution in [1.29, 1.82) is 0 Å². The summed E-state index contributed by atoms with van der Waals surface area (Å²) in [6.07, 6.45) is 11.2. The fourth-order valence-electron chi connectivity index (χ4n) is 3.32. The lowest BCUT2D eigenvalue weighted by Crippen LogP contribution is -2.12. The van der Waals surface area contributed by atoms with Crippen molar-refractivity contribution in [3.63, 3.8) is 0 Å². The van der Waals surface area contributed by atoms with E-state index in [0.29, 0.717) is 0 Å². The van der Waals surface area contributed by atoms with Crippen LogP contribution in [0.1, 0.15) is 55.8 Å². The van der Waals surface area contributed by atoms with Crippen LogP contribution in [0.3, 0.4) is 0 Å². The van der Waals surface area contributed by atoms with Crippen LogP contribution in [0, 0.1) is 5.92 Å². The quantitative estimate of drug-likeness (QED) is 0.874. The summed E-state index contributed by atoms with van der Waals surface area (Å²) in [6, 6.07) is 0. The largest absolute Gasteiger partial charge is 0.361 e. The van der Waals surface area contributed by atoms with Gasteiger partial charge in [0, 0.05) is 12.0 Å². The predicted molar refractivity (Wildman–Crippen MR) is 67.0 cm³/mol. The first-order valence-electron chi connectivity index (χ1n) is 7.07. The van der Waals surface area contributed by atoms with Gasteiger partial charge >= 0.3 is 0 Å². The van der Waals surface area contributed by atoms with Crippen LogP contribution in [0.15, 0.2) is 10.7 Å². The molecule has 0 bridgehead atoms. The topological polar surface area (TPSA) is 38.1 Å². The molecule has 3 rings (SSSR count). The molecule has 1 unspecified atom stereocenters. The first-order chi connectivity index (χ1) is 8.43. The van der Waals surface area contributed by atoms with Crippen molar-refractivity contribution in [1.82, 2.24) is 10.5 Å². The molecule has 94 valence electrons. The average Bonchev–Trinajstić information content (AvgIpc) is 3.02. The van der Waals surface area contributed by atoms with E-state index in [0.717, 1.165) is 31.3 Å². The third-order valence-electron chi connectivity index (χ3n) is 4.36. The van der Waals surface area contributed by atoms with E-state index in [2.05, 4.69) is 10.5 Å². The SMILES string of the molecule is c1noc(CC2CCNC2)c1C1CCCCC1. The lowest BCUT2D eigenvalue weighted by Gasteiger charge is -2.21. The normalized spacial score (nSPS) is 26.5. The minimum atomic E-state index is 0.722. The molecule has 1 atom stereocenters. The van der Waals surface area contributed by atoms with Crippen LogP contribution in [0.25, 0.3) is 0 Å². The monoisotopic (exact) mass is 234 g/mol. The van der Waals surface area contributed by atoms with E-state index in [1.165, 1.54) is 49.8 Å². The van der Waals surface area contributed by atoms with E-state index in [4.69, 9.17) is 4.52 Å². The smallest absolute Gasteiger partial charge is 0.140 e. The molecule has 1 aromatic heterocycles. The van der Waals surface area contributed by atoms with Gasteiger partial charge in [0.25, 0.3) is 0 Å². The Morgan fingerprint density at radius 1 is 1.24 bits per heavy atom. The van der Waals surface area contributed by atoms with E-state index < -0.39 is 0 Å². The molecular weight excluding hydrogens is 212 g/mol. The molecule has 3 nitrogen and oxygen atoms in total. The van der Waals surface area contributed by atoms with Gasteiger partial charge in [0.2, 0.25) is 0 Å². The molecule has 1 saturated carbocycles. The number of aromatic nitrogens is 1. The van der Waals surface area contributed by atoms with Crippen LogP contribution in [0.2, 0.25) is 0 Å². The summed E-state index contributed by atoms with van der Waals surface area (Å²) in [5, 5.41) is 7.47. The molecule has 1 N–H and O–H groups in total. The van der Waals surface area contributed by atoms with E-state index in [1.54, 1.807) is 0 Å². The van der Waals surface area contributed by atoms with Crippen LogP contribution >= 0.6 is 0 Å². The van der Waals surface area contributed by atoms with E-state index in [9.17, 15) is 0 Å². The molecule has 17 heavy (non-hydrogen) atoms. The third-order valence-corrected chi connectivity index (χ3v) is 4.36. The summed E-state index contributed by atoms with van der Waals surface area (Å²) in [6.45, 7) is 2.31. The summed E-state index contributed by atoms with van der Waals surface area (Å²) >= 11 is 0. The number of hydrogen-bond donors (Lipinski definition) is 1. The van der Waals surface area contributed by atoms with Gasteiger partial charge in [-0.25, -0.2) is 0 Å². The van der Waals surface area contributed by atoms with Crippen molar-refractivity contribution in [3.05, 3.63) is 17.5 Å². The van der Waals surface area contributed by atoms with Crippen LogP contribution < -0.4 is 5.32 Å². The molecule has 1 aliphatic carbocycles. The highest BCUT2D eigenvalue weighted by Crippen LogP contribution is 2.35. The lowest BCUT2D eigenvalue weighted by atomic mass is 9.83. The van der Waals surface area contributed by atoms with Crippen LogP contribution in [-0.4, -0.2) is 18.2 Å². The van der Waals surface area contributed by atoms with Gasteiger partial charge in [0.1, 0.15) is 5.76 Å². The van der Waals surface area contributed by atoms with Crippen molar-refractivity contribution in [3.8, 4) is 0 Å². The molecule has 2 aliphatic rings. The highest BCUT2D eigenvalue weighted by molar-refractivity contribution is 5.20. The molecule has 0 spiro atoms. The second-order valence-corrected chi connectivity index (χ2v) is 5.60. The second-order valence-electron chi connectivity index (χ2n) is 5.60. The molecule has 0 amide bonds. The summed E-state index contributed by atoms with van der Waals surface area (Å²) in [5.74, 6) is 2.65. The minimum absolute atomic E-state index is 0.722. The van der Waals surface area contributed by atoms with Crippen molar-refractivity contribution < 1.29 is 4.52 Å². The molecule has 0 aromatic carbocycles. The van der Waals surface area contributed by atoms with Gasteiger partial charge in [-0.2, -0.15) is 0 Å². The van der Waals surface area contributed by atoms with Crippen LogP contribution in [0.5, 0.6) is 0 Å². The number of rotatable bonds is 3. The molecule has 2 fully saturated rings. The zero-order valence-corrected chi connectivity index (χ0v) is 10.5. The van der Waals surface area contributed by atoms with Gasteiger partial charge in [-0.15, -0.1) is 0 Å². The van der Waals surface area contributed by atoms with Gasteiger partial charge in [-0.05, 0) is 44.2 Å². The Bertz CT molecular complexity index is 349. The van der Waals surface area contributed by atoms with E-state index in [-0.39, 0.29) is 0 Å². The van der Waals surface area contributed by atoms with Crippen molar-refractivity contribution >= 4 is 0 Å². The van der Waals surface area contributed by atoms with Crippen LogP contribution in [-0.2, 0) is 6.42 Å². The highest BCUT2D eigenvalue weighted by Gasteiger charge is 2.24. The van der Waals surface area contributed by atoms with Gasteiger partial charge < -0.3 is 9.84 Å². The van der Waals surface area contributed by atoms with Gasteiger partial charge in [-0.3, -0.25) is 0 Å². The summed E-state index contributed by atoms with van der Waals surface area (Å²) in [4.78, 5) is 0. The zero-order chi connectivity index (χ0) is 11.5. The molecule has 1 aliphatic heterocycles. The lowest BCUT2D eigenvalue weighted by molar-refractivity contribution is 0.356. The first-order valence-corrected chi connectivity index (χ1v) is 7.07. The molecule has 3 heteroatoms. The first kappa shape index (κ1) is 11.3. The van der Waals surface area contributed by atoms with Gasteiger partial charge in [0.15, 0.2) is 0 Å². The average molecular weight is 234 g/mol. The Labute approximate surface area is 103 Å². The van der Waals surface area contributed by atoms with Crippen molar-refractivity contribution in [2.24, 2.45) is 5.92 Å². The van der Waals surface area contributed by atoms with E-state index >= 15 is 0 Å². The van der Waals surface area contributed by atoms with Gasteiger partial charge in [-0.1, -0.05) is 24.4 Å². The molecule has 1 saturated heterocycles. The van der Waals surface area contributed by atoms with Crippen molar-refractivity contribution in [2.75, 3.05) is 13.1 Å². The Hall–Kier alpha value is -0.830. The maximum absolute atomic E-state index is 5.50. The minimum Gasteiger partial charge on any atom is -0.361 e. The molecular formula is C14H22N2O. The Balaban J connectivity index is 1.69. The number of hydrogen-bond acceptors (Lipinski definition) is 3. The Morgan fingerprint density at radius 3 is 2.88 bits per heavy atom. The standard InChI is InChI=1S/C14H22N2O/c1-2-4-12(5-3-1)13-10-16-17-14(13)8-11-6-7-15-9-11/h10-12,15H,1-9H2. The molecule has 2 heterocycles. The highest BCUT2D eigenvalue weighted by atomic mass is 16.5. The summed E-state index contributed by atoms with van der Waals surface area (Å²) < 4.78 is 5.50. The van der Waals surface area contributed by atoms with Crippen molar-refractivity contribution in [2.45, 2.75) is 50.9 Å². The molecule has 0 radical (unpaired) electrons. The predicted octanol–water partition coefficient (Wildman–Crippen LogP) is 2.87. The zero-order valence-electron chi connectivity index (χ0n) is 10.5. The fourth-order valence-corrected chi connectivity index (χ4v) is 3.32. The Morgan fingerprint density at radius 2 is 2.12 bits per heavy atom. The van der Waals surface area contributed by atoms with Crippen LogP contribution in [0.4, 0.5) is 0 Å². The maximum atomic E-state index is 5.50. The summed E-state index contributed by atoms with van der Waals surface area (Å²) in [7, 11) is 0. The van der Waals surface area contributed by atoms with Gasteiger partial charge in [0.05, 0.1) is 6.20 Å². The number of nitrogens with zero attached hydrogens (tertiary/aromatic N) is 1. The maximum Gasteiger partial charge on any atom is 0.140 e.